The lowest BCUT2D eigenvalue weighted by Crippen LogP contribution is -2.29. The maximum atomic E-state index is 12.1. The second-order valence-electron chi connectivity index (χ2n) is 4.09. The van der Waals surface area contributed by atoms with E-state index in [9.17, 15) is 4.79 Å². The Bertz CT molecular complexity index is 551. The maximum absolute atomic E-state index is 12.1. The molecule has 0 radical (unpaired) electrons. The zero-order valence-electron chi connectivity index (χ0n) is 10.2. The van der Waals surface area contributed by atoms with Gasteiger partial charge in [0.25, 0.3) is 5.91 Å². The van der Waals surface area contributed by atoms with Crippen molar-refractivity contribution >= 4 is 32.7 Å². The number of pyridine rings is 1. The highest BCUT2D eigenvalue weighted by Crippen LogP contribution is 2.16. The summed E-state index contributed by atoms with van der Waals surface area (Å²) < 4.78 is 0. The standard InChI is InChI=1S/C14H15BrN2O/c1-2-10(15)9-17-14(18)12-7-8-16-13-6-4-3-5-11(12)13/h3-8,10H,2,9H2,1H3,(H,17,18). The first-order chi connectivity index (χ1) is 8.72. The number of rotatable bonds is 4. The zero-order chi connectivity index (χ0) is 13.0. The third-order valence-electron chi connectivity index (χ3n) is 2.82. The summed E-state index contributed by atoms with van der Waals surface area (Å²) in [7, 11) is 0. The highest BCUT2D eigenvalue weighted by Gasteiger charge is 2.11. The summed E-state index contributed by atoms with van der Waals surface area (Å²) in [5.74, 6) is -0.0495. The van der Waals surface area contributed by atoms with Crippen LogP contribution in [0.1, 0.15) is 23.7 Å². The van der Waals surface area contributed by atoms with Gasteiger partial charge in [0, 0.05) is 23.0 Å². The molecule has 0 spiro atoms. The lowest BCUT2D eigenvalue weighted by molar-refractivity contribution is 0.0955. The van der Waals surface area contributed by atoms with Crippen molar-refractivity contribution in [1.29, 1.82) is 0 Å². The molecule has 18 heavy (non-hydrogen) atoms. The van der Waals surface area contributed by atoms with Gasteiger partial charge in [0.1, 0.15) is 0 Å². The molecule has 0 fully saturated rings. The van der Waals surface area contributed by atoms with Crippen LogP contribution in [0, 0.1) is 0 Å². The Kier molecular flexibility index (Phi) is 4.31. The minimum atomic E-state index is -0.0495. The first-order valence-corrected chi connectivity index (χ1v) is 6.90. The Labute approximate surface area is 115 Å². The molecule has 1 atom stereocenters. The number of carbonyl (C=O) groups is 1. The number of carbonyl (C=O) groups excluding carboxylic acids is 1. The topological polar surface area (TPSA) is 42.0 Å². The fourth-order valence-electron chi connectivity index (χ4n) is 1.74. The van der Waals surface area contributed by atoms with Crippen LogP contribution in [0.5, 0.6) is 0 Å². The van der Waals surface area contributed by atoms with E-state index in [0.29, 0.717) is 16.9 Å². The van der Waals surface area contributed by atoms with E-state index in [1.54, 1.807) is 12.3 Å². The van der Waals surface area contributed by atoms with E-state index in [2.05, 4.69) is 33.2 Å². The van der Waals surface area contributed by atoms with Gasteiger partial charge in [-0.05, 0) is 18.6 Å². The highest BCUT2D eigenvalue weighted by atomic mass is 79.9. The first-order valence-electron chi connectivity index (χ1n) is 5.98. The van der Waals surface area contributed by atoms with Crippen molar-refractivity contribution in [1.82, 2.24) is 10.3 Å². The van der Waals surface area contributed by atoms with E-state index in [4.69, 9.17) is 0 Å². The lowest BCUT2D eigenvalue weighted by Gasteiger charge is -2.10. The minimum Gasteiger partial charge on any atom is -0.351 e. The van der Waals surface area contributed by atoms with Crippen LogP contribution in [0.4, 0.5) is 0 Å². The highest BCUT2D eigenvalue weighted by molar-refractivity contribution is 9.09. The Balaban J connectivity index is 2.22. The Morgan fingerprint density at radius 3 is 2.94 bits per heavy atom. The molecular formula is C14H15BrN2O. The summed E-state index contributed by atoms with van der Waals surface area (Å²) in [6, 6.07) is 9.42. The van der Waals surface area contributed by atoms with E-state index >= 15 is 0 Å². The summed E-state index contributed by atoms with van der Waals surface area (Å²) >= 11 is 3.50. The van der Waals surface area contributed by atoms with Gasteiger partial charge in [-0.2, -0.15) is 0 Å². The van der Waals surface area contributed by atoms with Gasteiger partial charge in [-0.25, -0.2) is 0 Å². The minimum absolute atomic E-state index is 0.0495. The number of benzene rings is 1. The Hall–Kier alpha value is -1.42. The molecule has 3 nitrogen and oxygen atoms in total. The molecule has 2 rings (SSSR count). The van der Waals surface area contributed by atoms with Crippen LogP contribution in [0.25, 0.3) is 10.9 Å². The number of nitrogens with zero attached hydrogens (tertiary/aromatic N) is 1. The van der Waals surface area contributed by atoms with E-state index in [1.165, 1.54) is 0 Å². The molecule has 1 unspecified atom stereocenters. The number of nitrogens with one attached hydrogen (secondary N) is 1. The molecule has 1 amide bonds. The van der Waals surface area contributed by atoms with Crippen molar-refractivity contribution in [2.75, 3.05) is 6.54 Å². The summed E-state index contributed by atoms with van der Waals surface area (Å²) in [6.45, 7) is 2.71. The van der Waals surface area contributed by atoms with Crippen LogP contribution >= 0.6 is 15.9 Å². The van der Waals surface area contributed by atoms with Gasteiger partial charge in [0.2, 0.25) is 0 Å². The number of halogens is 1. The molecule has 1 heterocycles. The van der Waals surface area contributed by atoms with Crippen LogP contribution in [0.3, 0.4) is 0 Å². The lowest BCUT2D eigenvalue weighted by atomic mass is 10.1. The van der Waals surface area contributed by atoms with Crippen molar-refractivity contribution in [3.8, 4) is 0 Å². The summed E-state index contributed by atoms with van der Waals surface area (Å²) in [4.78, 5) is 16.7. The quantitative estimate of drug-likeness (QED) is 0.882. The molecule has 1 aromatic carbocycles. The molecule has 0 saturated heterocycles. The number of fused-ring (bicyclic) bond motifs is 1. The van der Waals surface area contributed by atoms with Crippen molar-refractivity contribution in [2.45, 2.75) is 18.2 Å². The Morgan fingerprint density at radius 2 is 2.17 bits per heavy atom. The SMILES string of the molecule is CCC(Br)CNC(=O)c1ccnc2ccccc12. The zero-order valence-corrected chi connectivity index (χ0v) is 11.8. The van der Waals surface area contributed by atoms with E-state index in [0.717, 1.165) is 17.3 Å². The van der Waals surface area contributed by atoms with E-state index < -0.39 is 0 Å². The molecule has 0 saturated carbocycles. The number of amides is 1. The molecule has 94 valence electrons. The maximum Gasteiger partial charge on any atom is 0.252 e. The van der Waals surface area contributed by atoms with Gasteiger partial charge < -0.3 is 5.32 Å². The Morgan fingerprint density at radius 1 is 1.39 bits per heavy atom. The van der Waals surface area contributed by atoms with Gasteiger partial charge in [-0.1, -0.05) is 41.1 Å². The van der Waals surface area contributed by atoms with Crippen LogP contribution in [0.15, 0.2) is 36.5 Å². The number of aromatic nitrogens is 1. The van der Waals surface area contributed by atoms with E-state index in [1.807, 2.05) is 24.3 Å². The predicted octanol–water partition coefficient (Wildman–Crippen LogP) is 3.14. The van der Waals surface area contributed by atoms with Gasteiger partial charge in [0.05, 0.1) is 11.1 Å². The van der Waals surface area contributed by atoms with Crippen LogP contribution < -0.4 is 5.32 Å². The van der Waals surface area contributed by atoms with Crippen LogP contribution in [-0.4, -0.2) is 22.3 Å². The third kappa shape index (κ3) is 2.88. The van der Waals surface area contributed by atoms with Crippen molar-refractivity contribution < 1.29 is 4.79 Å². The van der Waals surface area contributed by atoms with Gasteiger partial charge in [-0.3, -0.25) is 9.78 Å². The fourth-order valence-corrected chi connectivity index (χ4v) is 1.90. The molecule has 2 aromatic rings. The van der Waals surface area contributed by atoms with Crippen LogP contribution in [-0.2, 0) is 0 Å². The average molecular weight is 307 g/mol. The number of para-hydroxylation sites is 1. The van der Waals surface area contributed by atoms with Crippen molar-refractivity contribution in [3.05, 3.63) is 42.1 Å². The monoisotopic (exact) mass is 306 g/mol. The normalized spacial score (nSPS) is 12.3. The van der Waals surface area contributed by atoms with Crippen molar-refractivity contribution in [3.63, 3.8) is 0 Å². The smallest absolute Gasteiger partial charge is 0.252 e. The van der Waals surface area contributed by atoms with Gasteiger partial charge in [-0.15, -0.1) is 0 Å². The fraction of sp³-hybridized carbons (Fsp3) is 0.286. The van der Waals surface area contributed by atoms with Gasteiger partial charge >= 0.3 is 0 Å². The van der Waals surface area contributed by atoms with Crippen LogP contribution in [0.2, 0.25) is 0 Å². The second-order valence-corrected chi connectivity index (χ2v) is 5.39. The van der Waals surface area contributed by atoms with Crippen molar-refractivity contribution in [2.24, 2.45) is 0 Å². The summed E-state index contributed by atoms with van der Waals surface area (Å²) in [5.41, 5.74) is 1.52. The molecule has 1 N–H and O–H groups in total. The molecule has 1 aromatic heterocycles. The average Bonchev–Trinajstić information content (AvgIpc) is 2.43. The number of hydrogen-bond donors (Lipinski definition) is 1. The number of alkyl halides is 1. The molecule has 0 aliphatic heterocycles. The molecule has 4 heteroatoms. The molecule has 0 bridgehead atoms. The summed E-state index contributed by atoms with van der Waals surface area (Å²) in [6.07, 6.45) is 2.65. The molecular weight excluding hydrogens is 292 g/mol. The van der Waals surface area contributed by atoms with Gasteiger partial charge in [0.15, 0.2) is 0 Å². The predicted molar refractivity (Wildman–Crippen MR) is 77.1 cm³/mol. The molecule has 0 aliphatic rings. The summed E-state index contributed by atoms with van der Waals surface area (Å²) in [5, 5.41) is 3.82. The third-order valence-corrected chi connectivity index (χ3v) is 3.79. The van der Waals surface area contributed by atoms with E-state index in [-0.39, 0.29) is 5.91 Å². The first kappa shape index (κ1) is 13.0. The number of hydrogen-bond acceptors (Lipinski definition) is 2. The second kappa shape index (κ2) is 5.96. The largest absolute Gasteiger partial charge is 0.351 e. The molecule has 0 aliphatic carbocycles.